The summed E-state index contributed by atoms with van der Waals surface area (Å²) in [6.45, 7) is 3.88. The summed E-state index contributed by atoms with van der Waals surface area (Å²) in [5.74, 6) is -0.103. The number of hydrogen-bond donors (Lipinski definition) is 1. The fourth-order valence-corrected chi connectivity index (χ4v) is 3.27. The molecule has 7 heteroatoms. The molecule has 0 aliphatic heterocycles. The van der Waals surface area contributed by atoms with Crippen LogP contribution in [-0.4, -0.2) is 21.2 Å². The fraction of sp³-hybridized carbons (Fsp3) is 0.150. The number of anilines is 1. The Hall–Kier alpha value is -2.57. The summed E-state index contributed by atoms with van der Waals surface area (Å²) >= 11 is 7.26. The highest BCUT2D eigenvalue weighted by Crippen LogP contribution is 2.19. The smallest absolute Gasteiger partial charge is 0.287 e. The van der Waals surface area contributed by atoms with Crippen molar-refractivity contribution < 1.29 is 4.79 Å². The number of halogens is 1. The molecular weight excluding hydrogens is 382 g/mol. The van der Waals surface area contributed by atoms with E-state index in [0.717, 1.165) is 28.6 Å². The number of aryl methyl sites for hydroxylation is 2. The molecule has 1 N–H and O–H groups in total. The summed E-state index contributed by atoms with van der Waals surface area (Å²) in [5, 5.41) is 3.65. The van der Waals surface area contributed by atoms with Crippen LogP contribution < -0.4 is 10.9 Å². The second kappa shape index (κ2) is 8.41. The van der Waals surface area contributed by atoms with Crippen molar-refractivity contribution in [2.45, 2.75) is 18.9 Å². The molecule has 1 amide bonds. The van der Waals surface area contributed by atoms with Gasteiger partial charge in [0.25, 0.3) is 5.56 Å². The lowest BCUT2D eigenvalue weighted by molar-refractivity contribution is -0.113. The number of thioether (sulfide) groups is 1. The lowest BCUT2D eigenvalue weighted by Gasteiger charge is -2.09. The van der Waals surface area contributed by atoms with Crippen molar-refractivity contribution in [3.63, 3.8) is 0 Å². The molecule has 0 aliphatic rings. The van der Waals surface area contributed by atoms with Crippen molar-refractivity contribution in [3.05, 3.63) is 81.4 Å². The molecule has 3 aromatic rings. The van der Waals surface area contributed by atoms with Crippen LogP contribution in [-0.2, 0) is 4.79 Å². The molecule has 0 saturated carbocycles. The highest BCUT2D eigenvalue weighted by molar-refractivity contribution is 7.99. The highest BCUT2D eigenvalue weighted by atomic mass is 35.5. The van der Waals surface area contributed by atoms with E-state index >= 15 is 0 Å². The van der Waals surface area contributed by atoms with Gasteiger partial charge in [-0.3, -0.25) is 14.2 Å². The minimum absolute atomic E-state index is 0.0920. The van der Waals surface area contributed by atoms with E-state index in [0.29, 0.717) is 10.7 Å². The number of carbonyl (C=O) groups is 1. The van der Waals surface area contributed by atoms with Crippen LogP contribution in [0.3, 0.4) is 0 Å². The monoisotopic (exact) mass is 399 g/mol. The van der Waals surface area contributed by atoms with Gasteiger partial charge >= 0.3 is 0 Å². The number of carbonyl (C=O) groups excluding carboxylic acids is 1. The second-order valence-corrected chi connectivity index (χ2v) is 7.42. The first kappa shape index (κ1) is 19.2. The van der Waals surface area contributed by atoms with E-state index in [1.54, 1.807) is 12.3 Å². The van der Waals surface area contributed by atoms with Crippen molar-refractivity contribution in [1.29, 1.82) is 0 Å². The second-order valence-electron chi connectivity index (χ2n) is 6.04. The summed E-state index contributed by atoms with van der Waals surface area (Å²) in [7, 11) is 0. The zero-order valence-corrected chi connectivity index (χ0v) is 16.5. The lowest BCUT2D eigenvalue weighted by Crippen LogP contribution is -2.22. The van der Waals surface area contributed by atoms with Crippen molar-refractivity contribution in [3.8, 4) is 5.69 Å². The van der Waals surface area contributed by atoms with E-state index in [2.05, 4.69) is 10.3 Å². The number of aromatic nitrogens is 2. The fourth-order valence-electron chi connectivity index (χ4n) is 2.40. The van der Waals surface area contributed by atoms with Crippen LogP contribution in [0.1, 0.15) is 11.1 Å². The molecule has 0 saturated heterocycles. The van der Waals surface area contributed by atoms with Gasteiger partial charge in [0.15, 0.2) is 5.03 Å². The first-order valence-electron chi connectivity index (χ1n) is 8.27. The Morgan fingerprint density at radius 1 is 1.19 bits per heavy atom. The number of benzene rings is 2. The molecule has 0 unspecified atom stereocenters. The summed E-state index contributed by atoms with van der Waals surface area (Å²) < 4.78 is 1.47. The topological polar surface area (TPSA) is 64.0 Å². The average Bonchev–Trinajstić information content (AvgIpc) is 2.65. The SMILES string of the molecule is Cc1ccc(NC(=O)CSc2nccn(-c3ccc(C)c(Cl)c3)c2=O)cc1. The summed E-state index contributed by atoms with van der Waals surface area (Å²) in [5.41, 5.74) is 3.14. The summed E-state index contributed by atoms with van der Waals surface area (Å²) in [4.78, 5) is 28.9. The number of amides is 1. The molecule has 0 atom stereocenters. The first-order valence-corrected chi connectivity index (χ1v) is 9.64. The van der Waals surface area contributed by atoms with Gasteiger partial charge in [0.2, 0.25) is 5.91 Å². The molecule has 27 heavy (non-hydrogen) atoms. The van der Waals surface area contributed by atoms with Gasteiger partial charge in [0.1, 0.15) is 0 Å². The van der Waals surface area contributed by atoms with Crippen molar-refractivity contribution in [2.24, 2.45) is 0 Å². The van der Waals surface area contributed by atoms with Gasteiger partial charge in [-0.05, 0) is 43.7 Å². The molecule has 0 aliphatic carbocycles. The largest absolute Gasteiger partial charge is 0.325 e. The van der Waals surface area contributed by atoms with E-state index in [1.165, 1.54) is 10.8 Å². The van der Waals surface area contributed by atoms with E-state index in [-0.39, 0.29) is 22.2 Å². The molecule has 1 heterocycles. The maximum absolute atomic E-state index is 12.7. The van der Waals surface area contributed by atoms with Gasteiger partial charge in [0, 0.05) is 23.1 Å². The standard InChI is InChI=1S/C20H18ClN3O2S/c1-13-3-6-15(7-4-13)23-18(25)12-27-19-20(26)24(10-9-22-19)16-8-5-14(2)17(21)11-16/h3-11H,12H2,1-2H3,(H,23,25). The summed E-state index contributed by atoms with van der Waals surface area (Å²) in [6.07, 6.45) is 3.12. The maximum Gasteiger partial charge on any atom is 0.287 e. The Morgan fingerprint density at radius 2 is 1.93 bits per heavy atom. The summed E-state index contributed by atoms with van der Waals surface area (Å²) in [6, 6.07) is 12.9. The Morgan fingerprint density at radius 3 is 2.63 bits per heavy atom. The molecule has 138 valence electrons. The lowest BCUT2D eigenvalue weighted by atomic mass is 10.2. The quantitative estimate of drug-likeness (QED) is 0.652. The Labute approximate surface area is 166 Å². The molecule has 0 radical (unpaired) electrons. The first-order chi connectivity index (χ1) is 12.9. The van der Waals surface area contributed by atoms with Crippen LogP contribution in [0.15, 0.2) is 64.7 Å². The van der Waals surface area contributed by atoms with Gasteiger partial charge in [-0.2, -0.15) is 0 Å². The molecule has 1 aromatic heterocycles. The maximum atomic E-state index is 12.7. The van der Waals surface area contributed by atoms with E-state index < -0.39 is 0 Å². The Balaban J connectivity index is 1.72. The molecular formula is C20H18ClN3O2S. The number of rotatable bonds is 5. The normalized spacial score (nSPS) is 10.6. The van der Waals surface area contributed by atoms with Crippen LogP contribution in [0.4, 0.5) is 5.69 Å². The van der Waals surface area contributed by atoms with Gasteiger partial charge < -0.3 is 5.32 Å². The van der Waals surface area contributed by atoms with E-state index in [4.69, 9.17) is 11.6 Å². The van der Waals surface area contributed by atoms with Crippen LogP contribution in [0.5, 0.6) is 0 Å². The van der Waals surface area contributed by atoms with Gasteiger partial charge in [0.05, 0.1) is 11.4 Å². The van der Waals surface area contributed by atoms with E-state index in [9.17, 15) is 9.59 Å². The van der Waals surface area contributed by atoms with Crippen LogP contribution >= 0.6 is 23.4 Å². The third-order valence-electron chi connectivity index (χ3n) is 3.92. The molecule has 0 spiro atoms. The minimum Gasteiger partial charge on any atom is -0.325 e. The van der Waals surface area contributed by atoms with Crippen LogP contribution in [0, 0.1) is 13.8 Å². The molecule has 3 rings (SSSR count). The highest BCUT2D eigenvalue weighted by Gasteiger charge is 2.11. The van der Waals surface area contributed by atoms with Crippen molar-refractivity contribution in [1.82, 2.24) is 9.55 Å². The van der Waals surface area contributed by atoms with E-state index in [1.807, 2.05) is 50.2 Å². The third-order valence-corrected chi connectivity index (χ3v) is 5.29. The molecule has 2 aromatic carbocycles. The Bertz CT molecular complexity index is 1030. The van der Waals surface area contributed by atoms with Crippen molar-refractivity contribution >= 4 is 35.0 Å². The molecule has 5 nitrogen and oxygen atoms in total. The predicted molar refractivity (Wildman–Crippen MR) is 110 cm³/mol. The zero-order valence-electron chi connectivity index (χ0n) is 14.9. The number of nitrogens with zero attached hydrogens (tertiary/aromatic N) is 2. The molecule has 0 bridgehead atoms. The predicted octanol–water partition coefficient (Wildman–Crippen LogP) is 4.23. The van der Waals surface area contributed by atoms with Crippen LogP contribution in [0.25, 0.3) is 5.69 Å². The van der Waals surface area contributed by atoms with Crippen molar-refractivity contribution in [2.75, 3.05) is 11.1 Å². The Kier molecular flexibility index (Phi) is 5.98. The van der Waals surface area contributed by atoms with Crippen LogP contribution in [0.2, 0.25) is 5.02 Å². The minimum atomic E-state index is -0.287. The molecule has 0 fully saturated rings. The number of nitrogens with one attached hydrogen (secondary N) is 1. The average molecular weight is 400 g/mol. The number of hydrogen-bond acceptors (Lipinski definition) is 4. The van der Waals surface area contributed by atoms with Gasteiger partial charge in [-0.25, -0.2) is 4.98 Å². The van der Waals surface area contributed by atoms with Gasteiger partial charge in [-0.1, -0.05) is 47.1 Å². The zero-order chi connectivity index (χ0) is 19.4. The third kappa shape index (κ3) is 4.78. The van der Waals surface area contributed by atoms with Gasteiger partial charge in [-0.15, -0.1) is 0 Å².